The van der Waals surface area contributed by atoms with E-state index in [0.717, 1.165) is 17.5 Å². The van der Waals surface area contributed by atoms with E-state index in [1.165, 1.54) is 6.07 Å². The monoisotopic (exact) mass is 398 g/mol. The fourth-order valence-corrected chi connectivity index (χ4v) is 3.89. The molecule has 0 spiro atoms. The van der Waals surface area contributed by atoms with Crippen molar-refractivity contribution in [2.75, 3.05) is 32.7 Å². The molecule has 1 heterocycles. The zero-order valence-electron chi connectivity index (χ0n) is 16.7. The van der Waals surface area contributed by atoms with Gasteiger partial charge in [0.1, 0.15) is 5.82 Å². The Morgan fingerprint density at radius 1 is 1.14 bits per heavy atom. The van der Waals surface area contributed by atoms with Crippen molar-refractivity contribution >= 4 is 11.9 Å². The summed E-state index contributed by atoms with van der Waals surface area (Å²) >= 11 is 0. The number of carboxylic acid groups (broad SMARTS) is 1. The highest BCUT2D eigenvalue weighted by molar-refractivity contribution is 5.80. The lowest BCUT2D eigenvalue weighted by Gasteiger charge is -2.23. The topological polar surface area (TPSA) is 60.9 Å². The Balaban J connectivity index is 1.77. The van der Waals surface area contributed by atoms with E-state index in [4.69, 9.17) is 5.11 Å². The van der Waals surface area contributed by atoms with Gasteiger partial charge in [-0.05, 0) is 30.0 Å². The van der Waals surface area contributed by atoms with Crippen molar-refractivity contribution in [3.8, 4) is 11.1 Å². The van der Waals surface area contributed by atoms with E-state index in [1.807, 2.05) is 41.0 Å². The van der Waals surface area contributed by atoms with Crippen molar-refractivity contribution in [1.82, 2.24) is 9.80 Å². The summed E-state index contributed by atoms with van der Waals surface area (Å²) in [6, 6.07) is 14.2. The molecular formula is C23H27FN2O3. The molecule has 154 valence electrons. The second kappa shape index (κ2) is 9.65. The SMILES string of the molecule is CCCN1CCN(CC(=O)O)C[C@H](Cc2ccc(-c3ccccc3F)cc2)C1=O. The molecule has 2 aromatic carbocycles. The number of benzene rings is 2. The fourth-order valence-electron chi connectivity index (χ4n) is 3.89. The lowest BCUT2D eigenvalue weighted by atomic mass is 9.95. The maximum absolute atomic E-state index is 14.0. The Bertz CT molecular complexity index is 853. The molecule has 0 radical (unpaired) electrons. The zero-order valence-corrected chi connectivity index (χ0v) is 16.7. The van der Waals surface area contributed by atoms with E-state index in [-0.39, 0.29) is 24.2 Å². The average Bonchev–Trinajstić information content (AvgIpc) is 2.83. The van der Waals surface area contributed by atoms with Crippen molar-refractivity contribution < 1.29 is 19.1 Å². The number of hydrogen-bond acceptors (Lipinski definition) is 3. The maximum atomic E-state index is 14.0. The summed E-state index contributed by atoms with van der Waals surface area (Å²) in [7, 11) is 0. The van der Waals surface area contributed by atoms with E-state index in [0.29, 0.717) is 38.2 Å². The van der Waals surface area contributed by atoms with E-state index in [9.17, 15) is 14.0 Å². The first kappa shape index (κ1) is 21.0. The van der Waals surface area contributed by atoms with Crippen LogP contribution in [0.4, 0.5) is 4.39 Å². The van der Waals surface area contributed by atoms with Gasteiger partial charge >= 0.3 is 5.97 Å². The highest BCUT2D eigenvalue weighted by Gasteiger charge is 2.30. The van der Waals surface area contributed by atoms with Gasteiger partial charge in [-0.25, -0.2) is 4.39 Å². The number of nitrogens with zero attached hydrogens (tertiary/aromatic N) is 2. The number of rotatable bonds is 7. The first-order chi connectivity index (χ1) is 14.0. The Kier molecular flexibility index (Phi) is 6.99. The molecule has 0 unspecified atom stereocenters. The number of halogens is 1. The molecule has 1 N–H and O–H groups in total. The summed E-state index contributed by atoms with van der Waals surface area (Å²) in [5.74, 6) is -1.35. The second-order valence-electron chi connectivity index (χ2n) is 7.53. The maximum Gasteiger partial charge on any atom is 0.317 e. The van der Waals surface area contributed by atoms with Crippen molar-refractivity contribution in [2.24, 2.45) is 5.92 Å². The van der Waals surface area contributed by atoms with Crippen LogP contribution in [0, 0.1) is 11.7 Å². The molecule has 1 amide bonds. The summed E-state index contributed by atoms with van der Waals surface area (Å²) in [6.07, 6.45) is 1.40. The van der Waals surface area contributed by atoms with Crippen LogP contribution < -0.4 is 0 Å². The van der Waals surface area contributed by atoms with E-state index in [1.54, 1.807) is 18.2 Å². The van der Waals surface area contributed by atoms with Crippen LogP contribution in [0.5, 0.6) is 0 Å². The molecular weight excluding hydrogens is 371 g/mol. The molecule has 5 nitrogen and oxygen atoms in total. The molecule has 1 fully saturated rings. The van der Waals surface area contributed by atoms with Gasteiger partial charge in [0.25, 0.3) is 0 Å². The third kappa shape index (κ3) is 5.41. The molecule has 29 heavy (non-hydrogen) atoms. The molecule has 0 aliphatic carbocycles. The van der Waals surface area contributed by atoms with Crippen molar-refractivity contribution in [3.63, 3.8) is 0 Å². The molecule has 2 aromatic rings. The Morgan fingerprint density at radius 3 is 2.52 bits per heavy atom. The lowest BCUT2D eigenvalue weighted by Crippen LogP contribution is -2.38. The first-order valence-electron chi connectivity index (χ1n) is 10.0. The number of carbonyl (C=O) groups excluding carboxylic acids is 1. The second-order valence-corrected chi connectivity index (χ2v) is 7.53. The lowest BCUT2D eigenvalue weighted by molar-refractivity contribution is -0.139. The minimum Gasteiger partial charge on any atom is -0.480 e. The average molecular weight is 398 g/mol. The molecule has 0 bridgehead atoms. The number of carboxylic acids is 1. The van der Waals surface area contributed by atoms with Gasteiger partial charge in [-0.2, -0.15) is 0 Å². The molecule has 3 rings (SSSR count). The number of aliphatic carboxylic acids is 1. The third-order valence-corrected chi connectivity index (χ3v) is 5.30. The van der Waals surface area contributed by atoms with Gasteiger partial charge in [0.05, 0.1) is 12.5 Å². The number of carbonyl (C=O) groups is 2. The molecule has 1 aliphatic heterocycles. The van der Waals surface area contributed by atoms with E-state index < -0.39 is 5.97 Å². The summed E-state index contributed by atoms with van der Waals surface area (Å²) < 4.78 is 14.0. The highest BCUT2D eigenvalue weighted by atomic mass is 19.1. The van der Waals surface area contributed by atoms with E-state index >= 15 is 0 Å². The fraction of sp³-hybridized carbons (Fsp3) is 0.391. The highest BCUT2D eigenvalue weighted by Crippen LogP contribution is 2.24. The van der Waals surface area contributed by atoms with Crippen LogP contribution in [0.25, 0.3) is 11.1 Å². The Hall–Kier alpha value is -2.73. The Morgan fingerprint density at radius 2 is 1.86 bits per heavy atom. The minimum absolute atomic E-state index is 0.0596. The summed E-state index contributed by atoms with van der Waals surface area (Å²) in [5.41, 5.74) is 2.32. The van der Waals surface area contributed by atoms with Gasteiger partial charge in [-0.1, -0.05) is 49.4 Å². The third-order valence-electron chi connectivity index (χ3n) is 5.30. The van der Waals surface area contributed by atoms with Crippen LogP contribution in [0.1, 0.15) is 18.9 Å². The van der Waals surface area contributed by atoms with Gasteiger partial charge in [-0.15, -0.1) is 0 Å². The van der Waals surface area contributed by atoms with Gasteiger partial charge in [0.2, 0.25) is 5.91 Å². The number of hydrogen-bond donors (Lipinski definition) is 1. The molecule has 1 atom stereocenters. The summed E-state index contributed by atoms with van der Waals surface area (Å²) in [5, 5.41) is 9.16. The molecule has 1 saturated heterocycles. The van der Waals surface area contributed by atoms with Crippen LogP contribution in [0.2, 0.25) is 0 Å². The van der Waals surface area contributed by atoms with Crippen LogP contribution >= 0.6 is 0 Å². The molecule has 0 aromatic heterocycles. The summed E-state index contributed by atoms with van der Waals surface area (Å²) in [4.78, 5) is 27.9. The molecule has 0 saturated carbocycles. The van der Waals surface area contributed by atoms with Crippen LogP contribution in [-0.4, -0.2) is 59.5 Å². The quantitative estimate of drug-likeness (QED) is 0.778. The number of amides is 1. The largest absolute Gasteiger partial charge is 0.480 e. The van der Waals surface area contributed by atoms with Crippen LogP contribution in [0.3, 0.4) is 0 Å². The predicted octanol–water partition coefficient (Wildman–Crippen LogP) is 3.29. The minimum atomic E-state index is -0.880. The van der Waals surface area contributed by atoms with Crippen LogP contribution in [0.15, 0.2) is 48.5 Å². The summed E-state index contributed by atoms with van der Waals surface area (Å²) in [6.45, 7) is 4.21. The first-order valence-corrected chi connectivity index (χ1v) is 10.0. The Labute approximate surface area is 170 Å². The standard InChI is InChI=1S/C23H27FN2O3/c1-2-11-26-13-12-25(16-22(27)28)15-19(23(26)29)14-17-7-9-18(10-8-17)20-5-3-4-6-21(20)24/h3-10,19H,2,11-16H2,1H3,(H,27,28)/t19-/m0/s1. The van der Waals surface area contributed by atoms with Gasteiger partial charge < -0.3 is 10.0 Å². The molecule has 1 aliphatic rings. The van der Waals surface area contributed by atoms with Gasteiger partial charge in [0.15, 0.2) is 0 Å². The molecule has 6 heteroatoms. The predicted molar refractivity (Wildman–Crippen MR) is 110 cm³/mol. The van der Waals surface area contributed by atoms with Crippen LogP contribution in [-0.2, 0) is 16.0 Å². The van der Waals surface area contributed by atoms with Gasteiger partial charge in [-0.3, -0.25) is 14.5 Å². The normalized spacial score (nSPS) is 17.9. The zero-order chi connectivity index (χ0) is 20.8. The smallest absolute Gasteiger partial charge is 0.317 e. The van der Waals surface area contributed by atoms with Gasteiger partial charge in [0, 0.05) is 31.7 Å². The van der Waals surface area contributed by atoms with Crippen molar-refractivity contribution in [2.45, 2.75) is 19.8 Å². The van der Waals surface area contributed by atoms with Crippen molar-refractivity contribution in [1.29, 1.82) is 0 Å². The van der Waals surface area contributed by atoms with E-state index in [2.05, 4.69) is 0 Å². The van der Waals surface area contributed by atoms with Crippen molar-refractivity contribution in [3.05, 3.63) is 59.9 Å².